The average molecular weight is 422 g/mol. The molecule has 0 aromatic rings. The second kappa shape index (κ2) is 14.1. The Bertz CT molecular complexity index is 396. The Hall–Kier alpha value is -0.120. The van der Waals surface area contributed by atoms with E-state index in [1.165, 1.54) is 103 Å². The monoisotopic (exact) mass is 421 g/mol. The molecule has 1 atom stereocenters. The van der Waals surface area contributed by atoms with Crippen molar-refractivity contribution in [1.29, 1.82) is 0 Å². The van der Waals surface area contributed by atoms with Crippen molar-refractivity contribution in [1.82, 2.24) is 14.7 Å². The van der Waals surface area contributed by atoms with Crippen molar-refractivity contribution in [3.8, 4) is 0 Å². The summed E-state index contributed by atoms with van der Waals surface area (Å²) in [5, 5.41) is 0. The SMILES string of the molecule is CC(C)N1CCC(C2CCCCC2)C1.CC(C)N1CCCC1.CC(C)N1CCCC1. The Morgan fingerprint density at radius 3 is 1.20 bits per heavy atom. The molecule has 1 aliphatic carbocycles. The number of likely N-dealkylation sites (tertiary alicyclic amines) is 3. The van der Waals surface area contributed by atoms with Crippen molar-refractivity contribution in [2.75, 3.05) is 39.3 Å². The van der Waals surface area contributed by atoms with Crippen LogP contribution in [0.4, 0.5) is 0 Å². The quantitative estimate of drug-likeness (QED) is 0.529. The summed E-state index contributed by atoms with van der Waals surface area (Å²) in [6.45, 7) is 21.8. The third-order valence-electron chi connectivity index (χ3n) is 8.04. The van der Waals surface area contributed by atoms with Gasteiger partial charge in [-0.15, -0.1) is 0 Å². The molecule has 0 aromatic carbocycles. The van der Waals surface area contributed by atoms with Crippen LogP contribution in [0.25, 0.3) is 0 Å². The minimum atomic E-state index is 0.767. The molecule has 3 heteroatoms. The van der Waals surface area contributed by atoms with E-state index in [0.29, 0.717) is 0 Å². The van der Waals surface area contributed by atoms with E-state index in [2.05, 4.69) is 56.2 Å². The van der Waals surface area contributed by atoms with Gasteiger partial charge in [0.2, 0.25) is 0 Å². The molecular weight excluding hydrogens is 366 g/mol. The summed E-state index contributed by atoms with van der Waals surface area (Å²) in [6, 6.07) is 2.32. The van der Waals surface area contributed by atoms with Gasteiger partial charge >= 0.3 is 0 Å². The zero-order valence-corrected chi connectivity index (χ0v) is 21.5. The van der Waals surface area contributed by atoms with E-state index in [1.807, 2.05) is 0 Å². The van der Waals surface area contributed by atoms with Crippen molar-refractivity contribution in [3.05, 3.63) is 0 Å². The average Bonchev–Trinajstić information content (AvgIpc) is 3.52. The molecule has 4 rings (SSSR count). The van der Waals surface area contributed by atoms with Crippen molar-refractivity contribution < 1.29 is 0 Å². The van der Waals surface area contributed by atoms with Crippen LogP contribution in [0.2, 0.25) is 0 Å². The van der Waals surface area contributed by atoms with Gasteiger partial charge in [-0.3, -0.25) is 0 Å². The van der Waals surface area contributed by atoms with E-state index >= 15 is 0 Å². The van der Waals surface area contributed by atoms with Gasteiger partial charge in [0, 0.05) is 24.7 Å². The van der Waals surface area contributed by atoms with Gasteiger partial charge in [0.1, 0.15) is 0 Å². The summed E-state index contributed by atoms with van der Waals surface area (Å²) in [5.41, 5.74) is 0. The predicted octanol–water partition coefficient (Wildman–Crippen LogP) is 6.28. The molecule has 3 aliphatic heterocycles. The van der Waals surface area contributed by atoms with Gasteiger partial charge in [-0.1, -0.05) is 32.1 Å². The van der Waals surface area contributed by atoms with E-state index in [9.17, 15) is 0 Å². The summed E-state index contributed by atoms with van der Waals surface area (Å²) < 4.78 is 0. The van der Waals surface area contributed by atoms with Crippen LogP contribution < -0.4 is 0 Å². The summed E-state index contributed by atoms with van der Waals surface area (Å²) in [5.74, 6) is 2.12. The van der Waals surface area contributed by atoms with Crippen LogP contribution in [-0.2, 0) is 0 Å². The molecule has 0 N–H and O–H groups in total. The van der Waals surface area contributed by atoms with E-state index < -0.39 is 0 Å². The molecule has 0 spiro atoms. The van der Waals surface area contributed by atoms with Crippen LogP contribution in [0.1, 0.15) is 106 Å². The lowest BCUT2D eigenvalue weighted by atomic mass is 9.80. The van der Waals surface area contributed by atoms with Gasteiger partial charge in [-0.05, 0) is 118 Å². The normalized spacial score (nSPS) is 26.9. The number of nitrogens with zero attached hydrogens (tertiary/aromatic N) is 3. The molecule has 0 amide bonds. The summed E-state index contributed by atoms with van der Waals surface area (Å²) in [4.78, 5) is 7.72. The van der Waals surface area contributed by atoms with E-state index in [1.54, 1.807) is 0 Å². The lowest BCUT2D eigenvalue weighted by Gasteiger charge is -2.28. The highest BCUT2D eigenvalue weighted by molar-refractivity contribution is 4.84. The summed E-state index contributed by atoms with van der Waals surface area (Å²) >= 11 is 0. The molecule has 3 nitrogen and oxygen atoms in total. The van der Waals surface area contributed by atoms with Crippen molar-refractivity contribution in [2.24, 2.45) is 11.8 Å². The van der Waals surface area contributed by atoms with Crippen LogP contribution in [-0.4, -0.2) is 72.1 Å². The molecule has 0 aromatic heterocycles. The number of hydrogen-bond donors (Lipinski definition) is 0. The molecule has 178 valence electrons. The van der Waals surface area contributed by atoms with Gasteiger partial charge in [-0.2, -0.15) is 0 Å². The Morgan fingerprint density at radius 2 is 0.867 bits per heavy atom. The van der Waals surface area contributed by atoms with Gasteiger partial charge in [0.05, 0.1) is 0 Å². The molecule has 3 saturated heterocycles. The molecule has 1 unspecified atom stereocenters. The Morgan fingerprint density at radius 1 is 0.433 bits per heavy atom. The zero-order chi connectivity index (χ0) is 21.9. The fourth-order valence-corrected chi connectivity index (χ4v) is 5.79. The smallest absolute Gasteiger partial charge is 0.00387 e. The first-order valence-corrected chi connectivity index (χ1v) is 13.6. The van der Waals surface area contributed by atoms with Crippen LogP contribution in [0.5, 0.6) is 0 Å². The van der Waals surface area contributed by atoms with E-state index in [4.69, 9.17) is 0 Å². The largest absolute Gasteiger partial charge is 0.301 e. The molecule has 0 bridgehead atoms. The molecule has 30 heavy (non-hydrogen) atoms. The fourth-order valence-electron chi connectivity index (χ4n) is 5.79. The molecule has 0 radical (unpaired) electrons. The van der Waals surface area contributed by atoms with Crippen LogP contribution in [0.3, 0.4) is 0 Å². The minimum Gasteiger partial charge on any atom is -0.301 e. The number of hydrogen-bond acceptors (Lipinski definition) is 3. The maximum atomic E-state index is 2.67. The highest BCUT2D eigenvalue weighted by Gasteiger charge is 2.30. The van der Waals surface area contributed by atoms with E-state index in [0.717, 1.165) is 30.0 Å². The first-order valence-electron chi connectivity index (χ1n) is 13.6. The Labute approximate surface area is 189 Å². The molecular formula is C27H55N3. The first kappa shape index (κ1) is 26.1. The lowest BCUT2D eigenvalue weighted by Crippen LogP contribution is -2.29. The molecule has 1 saturated carbocycles. The maximum Gasteiger partial charge on any atom is 0.00387 e. The van der Waals surface area contributed by atoms with Crippen molar-refractivity contribution >= 4 is 0 Å². The van der Waals surface area contributed by atoms with Crippen LogP contribution >= 0.6 is 0 Å². The summed E-state index contributed by atoms with van der Waals surface area (Å²) in [6.07, 6.45) is 14.7. The Kier molecular flexibility index (Phi) is 12.3. The lowest BCUT2D eigenvalue weighted by molar-refractivity contribution is 0.217. The highest BCUT2D eigenvalue weighted by atomic mass is 15.2. The van der Waals surface area contributed by atoms with Crippen LogP contribution in [0.15, 0.2) is 0 Å². The van der Waals surface area contributed by atoms with Crippen molar-refractivity contribution in [3.63, 3.8) is 0 Å². The number of rotatable bonds is 4. The highest BCUT2D eigenvalue weighted by Crippen LogP contribution is 2.35. The third-order valence-corrected chi connectivity index (χ3v) is 8.04. The molecule has 4 fully saturated rings. The topological polar surface area (TPSA) is 9.72 Å². The predicted molar refractivity (Wildman–Crippen MR) is 133 cm³/mol. The van der Waals surface area contributed by atoms with Gasteiger partial charge in [0.15, 0.2) is 0 Å². The molecule has 4 aliphatic rings. The standard InChI is InChI=1S/C13H25N.2C7H15N/c1-11(2)14-9-8-13(10-14)12-6-4-3-5-7-12;2*1-7(2)8-5-3-4-6-8/h11-13H,3-10H2,1-2H3;2*7H,3-6H2,1-2H3. The zero-order valence-electron chi connectivity index (χ0n) is 21.5. The Balaban J connectivity index is 0.000000172. The van der Waals surface area contributed by atoms with E-state index in [-0.39, 0.29) is 0 Å². The first-order chi connectivity index (χ1) is 14.4. The van der Waals surface area contributed by atoms with Gasteiger partial charge < -0.3 is 14.7 Å². The van der Waals surface area contributed by atoms with Gasteiger partial charge in [0.25, 0.3) is 0 Å². The second-order valence-corrected chi connectivity index (χ2v) is 11.2. The molecule has 3 heterocycles. The van der Waals surface area contributed by atoms with Crippen molar-refractivity contribution in [2.45, 2.75) is 124 Å². The second-order valence-electron chi connectivity index (χ2n) is 11.2. The minimum absolute atomic E-state index is 0.767. The third kappa shape index (κ3) is 9.17. The van der Waals surface area contributed by atoms with Gasteiger partial charge in [-0.25, -0.2) is 0 Å². The summed E-state index contributed by atoms with van der Waals surface area (Å²) in [7, 11) is 0. The fraction of sp³-hybridized carbons (Fsp3) is 1.00. The maximum absolute atomic E-state index is 2.67. The van der Waals surface area contributed by atoms with Crippen LogP contribution in [0, 0.1) is 11.8 Å².